The van der Waals surface area contributed by atoms with Crippen molar-refractivity contribution in [1.82, 2.24) is 19.9 Å². The molecule has 7 heteroatoms. The van der Waals surface area contributed by atoms with Crippen LogP contribution in [-0.4, -0.2) is 46.7 Å². The number of aryl methyl sites for hydroxylation is 1. The van der Waals surface area contributed by atoms with E-state index in [9.17, 15) is 4.79 Å². The molecule has 1 fully saturated rings. The molecule has 4 aromatic rings. The van der Waals surface area contributed by atoms with Crippen LogP contribution in [0.4, 0.5) is 5.82 Å². The number of ether oxygens (including phenoxy) is 1. The first-order valence-electron chi connectivity index (χ1n) is 10.8. The van der Waals surface area contributed by atoms with Crippen molar-refractivity contribution in [2.75, 3.05) is 31.2 Å². The second kappa shape index (κ2) is 8.80. The fraction of sp³-hybridized carbons (Fsp3) is 0.240. The van der Waals surface area contributed by atoms with Crippen molar-refractivity contribution < 1.29 is 9.53 Å². The lowest BCUT2D eigenvalue weighted by Crippen LogP contribution is -2.37. The summed E-state index contributed by atoms with van der Waals surface area (Å²) in [6.45, 7) is 5.38. The predicted octanol–water partition coefficient (Wildman–Crippen LogP) is 3.50. The smallest absolute Gasteiger partial charge is 0.251 e. The molecule has 2 aromatic heterocycles. The Labute approximate surface area is 186 Å². The Morgan fingerprint density at radius 1 is 1.06 bits per heavy atom. The van der Waals surface area contributed by atoms with Crippen molar-refractivity contribution in [3.63, 3.8) is 0 Å². The Hall–Kier alpha value is -3.71. The Bertz CT molecular complexity index is 1250. The number of para-hydroxylation sites is 1. The molecule has 0 bridgehead atoms. The lowest BCUT2D eigenvalue weighted by atomic mass is 10.1. The van der Waals surface area contributed by atoms with Crippen molar-refractivity contribution in [3.8, 4) is 5.69 Å². The van der Waals surface area contributed by atoms with Gasteiger partial charge in [0.25, 0.3) is 5.91 Å². The number of morpholine rings is 1. The molecular weight excluding hydrogens is 402 g/mol. The summed E-state index contributed by atoms with van der Waals surface area (Å²) < 4.78 is 7.54. The van der Waals surface area contributed by atoms with Crippen molar-refractivity contribution in [2.24, 2.45) is 0 Å². The van der Waals surface area contributed by atoms with Crippen LogP contribution in [0.15, 0.2) is 66.9 Å². The first-order valence-corrected chi connectivity index (χ1v) is 10.8. The third-order valence-corrected chi connectivity index (χ3v) is 5.72. The summed E-state index contributed by atoms with van der Waals surface area (Å²) in [6.07, 6.45) is 1.79. The van der Waals surface area contributed by atoms with Gasteiger partial charge in [-0.2, -0.15) is 0 Å². The molecule has 1 N–H and O–H groups in total. The lowest BCUT2D eigenvalue weighted by molar-refractivity contribution is 0.0950. The molecular formula is C25H25N5O2. The summed E-state index contributed by atoms with van der Waals surface area (Å²) >= 11 is 0. The minimum Gasteiger partial charge on any atom is -0.378 e. The van der Waals surface area contributed by atoms with E-state index in [1.165, 1.54) is 0 Å². The zero-order chi connectivity index (χ0) is 21.9. The highest BCUT2D eigenvalue weighted by Crippen LogP contribution is 2.23. The average molecular weight is 428 g/mol. The Morgan fingerprint density at radius 2 is 1.88 bits per heavy atom. The number of nitrogens with zero attached hydrogens (tertiary/aromatic N) is 4. The minimum absolute atomic E-state index is 0.129. The summed E-state index contributed by atoms with van der Waals surface area (Å²) in [5, 5.41) is 3.04. The molecule has 5 rings (SSSR count). The number of hydrogen-bond donors (Lipinski definition) is 1. The monoisotopic (exact) mass is 427 g/mol. The molecule has 0 atom stereocenters. The second-order valence-electron chi connectivity index (χ2n) is 7.80. The standard InChI is InChI=1S/C25H25N5O2/c1-18-28-22-16-19(9-10-23(22)30(18)21-7-3-2-4-8-21)25(31)27-17-20-6-5-11-26-24(20)29-12-14-32-15-13-29/h2-11,16H,12-15,17H2,1H3,(H,27,31). The number of fused-ring (bicyclic) bond motifs is 1. The first-order chi connectivity index (χ1) is 15.7. The van der Waals surface area contributed by atoms with Crippen molar-refractivity contribution in [3.05, 3.63) is 83.8 Å². The van der Waals surface area contributed by atoms with Gasteiger partial charge >= 0.3 is 0 Å². The van der Waals surface area contributed by atoms with E-state index in [2.05, 4.69) is 36.9 Å². The molecule has 32 heavy (non-hydrogen) atoms. The van der Waals surface area contributed by atoms with Crippen molar-refractivity contribution >= 4 is 22.8 Å². The number of carbonyl (C=O) groups is 1. The summed E-state index contributed by atoms with van der Waals surface area (Å²) in [5.41, 5.74) is 4.42. The summed E-state index contributed by atoms with van der Waals surface area (Å²) in [6, 6.07) is 19.7. The van der Waals surface area contributed by atoms with Crippen LogP contribution in [0.2, 0.25) is 0 Å². The van der Waals surface area contributed by atoms with Crippen LogP contribution in [0.3, 0.4) is 0 Å². The maximum absolute atomic E-state index is 12.9. The maximum Gasteiger partial charge on any atom is 0.251 e. The molecule has 0 radical (unpaired) electrons. The van der Waals surface area contributed by atoms with Crippen LogP contribution in [0, 0.1) is 6.92 Å². The Morgan fingerprint density at radius 3 is 2.69 bits per heavy atom. The number of hydrogen-bond acceptors (Lipinski definition) is 5. The van der Waals surface area contributed by atoms with E-state index in [0.29, 0.717) is 25.3 Å². The number of carbonyl (C=O) groups excluding carboxylic acids is 1. The SMILES string of the molecule is Cc1nc2cc(C(=O)NCc3cccnc3N3CCOCC3)ccc2n1-c1ccccc1. The van der Waals surface area contributed by atoms with Crippen LogP contribution in [0.25, 0.3) is 16.7 Å². The van der Waals surface area contributed by atoms with Gasteiger partial charge in [0.15, 0.2) is 0 Å². The van der Waals surface area contributed by atoms with E-state index in [1.807, 2.05) is 55.5 Å². The van der Waals surface area contributed by atoms with Gasteiger partial charge in [-0.05, 0) is 43.3 Å². The first kappa shape index (κ1) is 20.2. The van der Waals surface area contributed by atoms with E-state index in [0.717, 1.165) is 47.0 Å². The van der Waals surface area contributed by atoms with E-state index in [4.69, 9.17) is 4.74 Å². The largest absolute Gasteiger partial charge is 0.378 e. The van der Waals surface area contributed by atoms with E-state index < -0.39 is 0 Å². The highest BCUT2D eigenvalue weighted by Gasteiger charge is 2.17. The number of imidazole rings is 1. The van der Waals surface area contributed by atoms with Crippen LogP contribution in [0.5, 0.6) is 0 Å². The summed E-state index contributed by atoms with van der Waals surface area (Å²) in [4.78, 5) is 24.3. The highest BCUT2D eigenvalue weighted by atomic mass is 16.5. The van der Waals surface area contributed by atoms with Gasteiger partial charge < -0.3 is 15.0 Å². The number of rotatable bonds is 5. The van der Waals surface area contributed by atoms with Gasteiger partial charge in [-0.1, -0.05) is 24.3 Å². The van der Waals surface area contributed by atoms with Crippen LogP contribution in [0.1, 0.15) is 21.7 Å². The topological polar surface area (TPSA) is 72.3 Å². The fourth-order valence-electron chi connectivity index (χ4n) is 4.15. The molecule has 1 aliphatic heterocycles. The molecule has 0 saturated carbocycles. The molecule has 0 spiro atoms. The molecule has 0 unspecified atom stereocenters. The van der Waals surface area contributed by atoms with E-state index in [-0.39, 0.29) is 5.91 Å². The third-order valence-electron chi connectivity index (χ3n) is 5.72. The normalized spacial score (nSPS) is 14.0. The number of pyridine rings is 1. The lowest BCUT2D eigenvalue weighted by Gasteiger charge is -2.29. The van der Waals surface area contributed by atoms with E-state index >= 15 is 0 Å². The minimum atomic E-state index is -0.129. The van der Waals surface area contributed by atoms with Gasteiger partial charge in [0.05, 0.1) is 24.2 Å². The van der Waals surface area contributed by atoms with Crippen molar-refractivity contribution in [1.29, 1.82) is 0 Å². The highest BCUT2D eigenvalue weighted by molar-refractivity contribution is 5.97. The van der Waals surface area contributed by atoms with Gasteiger partial charge in [0.2, 0.25) is 0 Å². The van der Waals surface area contributed by atoms with Gasteiger partial charge in [-0.15, -0.1) is 0 Å². The van der Waals surface area contributed by atoms with E-state index in [1.54, 1.807) is 6.20 Å². The molecule has 162 valence electrons. The molecule has 1 amide bonds. The number of nitrogens with one attached hydrogen (secondary N) is 1. The van der Waals surface area contributed by atoms with Crippen LogP contribution < -0.4 is 10.2 Å². The Kier molecular flexibility index (Phi) is 5.56. The Balaban J connectivity index is 1.35. The zero-order valence-electron chi connectivity index (χ0n) is 18.0. The number of benzene rings is 2. The molecule has 3 heterocycles. The maximum atomic E-state index is 12.9. The van der Waals surface area contributed by atoms with Gasteiger partial charge in [0.1, 0.15) is 11.6 Å². The molecule has 7 nitrogen and oxygen atoms in total. The number of aromatic nitrogens is 3. The summed E-state index contributed by atoms with van der Waals surface area (Å²) in [7, 11) is 0. The zero-order valence-corrected chi connectivity index (χ0v) is 18.0. The predicted molar refractivity (Wildman–Crippen MR) is 124 cm³/mol. The van der Waals surface area contributed by atoms with Gasteiger partial charge in [-0.3, -0.25) is 9.36 Å². The molecule has 0 aliphatic carbocycles. The van der Waals surface area contributed by atoms with Crippen molar-refractivity contribution in [2.45, 2.75) is 13.5 Å². The van der Waals surface area contributed by atoms with Gasteiger partial charge in [0, 0.05) is 42.6 Å². The molecule has 1 saturated heterocycles. The fourth-order valence-corrected chi connectivity index (χ4v) is 4.15. The van der Waals surface area contributed by atoms with Crippen LogP contribution >= 0.6 is 0 Å². The molecule has 1 aliphatic rings. The number of anilines is 1. The average Bonchev–Trinajstić information content (AvgIpc) is 3.18. The summed E-state index contributed by atoms with van der Waals surface area (Å²) in [5.74, 6) is 1.66. The second-order valence-corrected chi connectivity index (χ2v) is 7.80. The number of amides is 1. The molecule has 2 aromatic carbocycles. The third kappa shape index (κ3) is 3.94. The quantitative estimate of drug-likeness (QED) is 0.528. The van der Waals surface area contributed by atoms with Gasteiger partial charge in [-0.25, -0.2) is 9.97 Å². The van der Waals surface area contributed by atoms with Crippen LogP contribution in [-0.2, 0) is 11.3 Å².